The molecule has 1 aromatic rings. The van der Waals surface area contributed by atoms with Crippen molar-refractivity contribution in [3.05, 3.63) is 12.0 Å². The van der Waals surface area contributed by atoms with E-state index in [0.717, 1.165) is 12.8 Å². The standard InChI is InChI=1S/C13H21NO3/c1-9-4-11(6-13(2,3)5-9)17-12-14-10(7-15)8-16-12/h8-9,11,15H,4-7H2,1-3H3. The Bertz CT molecular complexity index is 372. The van der Waals surface area contributed by atoms with E-state index in [1.807, 2.05) is 0 Å². The molecule has 1 heterocycles. The Morgan fingerprint density at radius 3 is 2.88 bits per heavy atom. The highest BCUT2D eigenvalue weighted by Gasteiger charge is 2.33. The number of hydrogen-bond donors (Lipinski definition) is 1. The third-order valence-corrected chi connectivity index (χ3v) is 3.31. The van der Waals surface area contributed by atoms with Crippen LogP contribution in [0.4, 0.5) is 0 Å². The van der Waals surface area contributed by atoms with E-state index >= 15 is 0 Å². The van der Waals surface area contributed by atoms with E-state index in [1.54, 1.807) is 0 Å². The molecule has 4 heteroatoms. The number of oxazole rings is 1. The van der Waals surface area contributed by atoms with Gasteiger partial charge in [-0.15, -0.1) is 0 Å². The van der Waals surface area contributed by atoms with Gasteiger partial charge in [-0.1, -0.05) is 20.8 Å². The average molecular weight is 239 g/mol. The Morgan fingerprint density at radius 1 is 1.53 bits per heavy atom. The molecule has 2 atom stereocenters. The van der Waals surface area contributed by atoms with Gasteiger partial charge in [-0.25, -0.2) is 0 Å². The first-order valence-electron chi connectivity index (χ1n) is 6.20. The van der Waals surface area contributed by atoms with Crippen LogP contribution in [0.25, 0.3) is 0 Å². The molecule has 0 aromatic carbocycles. The summed E-state index contributed by atoms with van der Waals surface area (Å²) in [5, 5.41) is 8.90. The van der Waals surface area contributed by atoms with Gasteiger partial charge in [0.2, 0.25) is 0 Å². The van der Waals surface area contributed by atoms with Crippen molar-refractivity contribution in [2.75, 3.05) is 0 Å². The lowest BCUT2D eigenvalue weighted by atomic mass is 9.71. The van der Waals surface area contributed by atoms with Crippen LogP contribution >= 0.6 is 0 Å². The molecule has 96 valence electrons. The molecule has 1 N–H and O–H groups in total. The van der Waals surface area contributed by atoms with Gasteiger partial charge in [0.05, 0.1) is 6.61 Å². The van der Waals surface area contributed by atoms with E-state index in [9.17, 15) is 0 Å². The maximum Gasteiger partial charge on any atom is 0.394 e. The summed E-state index contributed by atoms with van der Waals surface area (Å²) < 4.78 is 10.9. The summed E-state index contributed by atoms with van der Waals surface area (Å²) in [4.78, 5) is 4.06. The molecule has 4 nitrogen and oxygen atoms in total. The highest BCUT2D eigenvalue weighted by Crippen LogP contribution is 2.39. The van der Waals surface area contributed by atoms with Crippen molar-refractivity contribution >= 4 is 0 Å². The summed E-state index contributed by atoms with van der Waals surface area (Å²) in [5.74, 6) is 0.663. The number of rotatable bonds is 3. The zero-order valence-corrected chi connectivity index (χ0v) is 10.8. The number of aliphatic hydroxyl groups is 1. The zero-order valence-electron chi connectivity index (χ0n) is 10.8. The molecule has 2 unspecified atom stereocenters. The van der Waals surface area contributed by atoms with Gasteiger partial charge in [0, 0.05) is 0 Å². The maximum atomic E-state index is 8.90. The molecule has 17 heavy (non-hydrogen) atoms. The van der Waals surface area contributed by atoms with Crippen LogP contribution in [0.3, 0.4) is 0 Å². The summed E-state index contributed by atoms with van der Waals surface area (Å²) in [7, 11) is 0. The second kappa shape index (κ2) is 4.69. The minimum atomic E-state index is -0.112. The van der Waals surface area contributed by atoms with Gasteiger partial charge in [0.25, 0.3) is 0 Å². The SMILES string of the molecule is CC1CC(Oc2nc(CO)co2)CC(C)(C)C1. The van der Waals surface area contributed by atoms with E-state index in [1.165, 1.54) is 12.7 Å². The van der Waals surface area contributed by atoms with Gasteiger partial charge in [-0.2, -0.15) is 4.98 Å². The van der Waals surface area contributed by atoms with Gasteiger partial charge in [-0.05, 0) is 30.6 Å². The minimum absolute atomic E-state index is 0.112. The molecule has 0 aliphatic heterocycles. The fraction of sp³-hybridized carbons (Fsp3) is 0.769. The predicted molar refractivity (Wildman–Crippen MR) is 63.6 cm³/mol. The Hall–Kier alpha value is -1.03. The Morgan fingerprint density at radius 2 is 2.29 bits per heavy atom. The second-order valence-corrected chi connectivity index (χ2v) is 5.92. The van der Waals surface area contributed by atoms with E-state index in [0.29, 0.717) is 17.0 Å². The van der Waals surface area contributed by atoms with Crippen LogP contribution in [0.2, 0.25) is 0 Å². The predicted octanol–water partition coefficient (Wildman–Crippen LogP) is 2.76. The molecule has 1 aliphatic carbocycles. The minimum Gasteiger partial charge on any atom is -0.447 e. The molecule has 1 aromatic heterocycles. The normalized spacial score (nSPS) is 28.0. The van der Waals surface area contributed by atoms with E-state index in [4.69, 9.17) is 14.3 Å². The molecule has 1 fully saturated rings. The Labute approximate surface area is 102 Å². The lowest BCUT2D eigenvalue weighted by Crippen LogP contribution is -2.34. The topological polar surface area (TPSA) is 55.5 Å². The van der Waals surface area contributed by atoms with Crippen molar-refractivity contribution in [2.24, 2.45) is 11.3 Å². The molecule has 2 rings (SSSR count). The molecular weight excluding hydrogens is 218 g/mol. The quantitative estimate of drug-likeness (QED) is 0.881. The van der Waals surface area contributed by atoms with Gasteiger partial charge >= 0.3 is 6.08 Å². The number of ether oxygens (including phenoxy) is 1. The van der Waals surface area contributed by atoms with Gasteiger partial charge < -0.3 is 14.3 Å². The summed E-state index contributed by atoms with van der Waals surface area (Å²) in [6.07, 6.45) is 5.18. The number of nitrogens with zero attached hydrogens (tertiary/aromatic N) is 1. The van der Waals surface area contributed by atoms with E-state index < -0.39 is 0 Å². The molecular formula is C13H21NO3. The fourth-order valence-corrected chi connectivity index (χ4v) is 2.91. The van der Waals surface area contributed by atoms with Crippen molar-refractivity contribution in [3.8, 4) is 6.08 Å². The van der Waals surface area contributed by atoms with Crippen LogP contribution in [0.5, 0.6) is 6.08 Å². The molecule has 0 amide bonds. The van der Waals surface area contributed by atoms with Crippen molar-refractivity contribution in [3.63, 3.8) is 0 Å². The van der Waals surface area contributed by atoms with E-state index in [2.05, 4.69) is 25.8 Å². The second-order valence-electron chi connectivity index (χ2n) is 5.92. The first-order chi connectivity index (χ1) is 7.98. The average Bonchev–Trinajstić information content (AvgIpc) is 2.62. The summed E-state index contributed by atoms with van der Waals surface area (Å²) in [6.45, 7) is 6.69. The largest absolute Gasteiger partial charge is 0.447 e. The molecule has 0 bridgehead atoms. The number of aliphatic hydroxyl groups excluding tert-OH is 1. The van der Waals surface area contributed by atoms with E-state index in [-0.39, 0.29) is 18.8 Å². The molecule has 0 spiro atoms. The third kappa shape index (κ3) is 3.22. The summed E-state index contributed by atoms with van der Waals surface area (Å²) >= 11 is 0. The van der Waals surface area contributed by atoms with Crippen LogP contribution in [0, 0.1) is 11.3 Å². The van der Waals surface area contributed by atoms with Crippen LogP contribution in [-0.4, -0.2) is 16.2 Å². The maximum absolute atomic E-state index is 8.90. The van der Waals surface area contributed by atoms with Crippen molar-refractivity contribution in [2.45, 2.75) is 52.7 Å². The Kier molecular flexibility index (Phi) is 3.43. The lowest BCUT2D eigenvalue weighted by Gasteiger charge is -2.38. The molecule has 0 saturated heterocycles. The van der Waals surface area contributed by atoms with Gasteiger partial charge in [0.15, 0.2) is 0 Å². The van der Waals surface area contributed by atoms with Gasteiger partial charge in [0.1, 0.15) is 18.1 Å². The molecule has 0 radical (unpaired) electrons. The smallest absolute Gasteiger partial charge is 0.394 e. The number of hydrogen-bond acceptors (Lipinski definition) is 4. The van der Waals surface area contributed by atoms with Crippen molar-refractivity contribution in [1.29, 1.82) is 0 Å². The molecule has 1 saturated carbocycles. The lowest BCUT2D eigenvalue weighted by molar-refractivity contribution is 0.0365. The van der Waals surface area contributed by atoms with Crippen LogP contribution in [0.1, 0.15) is 45.7 Å². The highest BCUT2D eigenvalue weighted by molar-refractivity contribution is 4.99. The first kappa shape index (κ1) is 12.4. The summed E-state index contributed by atoms with van der Waals surface area (Å²) in [5.41, 5.74) is 0.831. The first-order valence-corrected chi connectivity index (χ1v) is 6.20. The number of aromatic nitrogens is 1. The third-order valence-electron chi connectivity index (χ3n) is 3.31. The molecule has 1 aliphatic rings. The Balaban J connectivity index is 1.98. The van der Waals surface area contributed by atoms with Crippen molar-refractivity contribution in [1.82, 2.24) is 4.98 Å². The van der Waals surface area contributed by atoms with Crippen LogP contribution < -0.4 is 4.74 Å². The van der Waals surface area contributed by atoms with Crippen LogP contribution in [-0.2, 0) is 6.61 Å². The summed E-state index contributed by atoms with van der Waals surface area (Å²) in [6, 6.07) is 0. The van der Waals surface area contributed by atoms with Crippen LogP contribution in [0.15, 0.2) is 10.7 Å². The highest BCUT2D eigenvalue weighted by atomic mass is 16.6. The van der Waals surface area contributed by atoms with Crippen molar-refractivity contribution < 1.29 is 14.3 Å². The monoisotopic (exact) mass is 239 g/mol. The fourth-order valence-electron chi connectivity index (χ4n) is 2.91. The van der Waals surface area contributed by atoms with Gasteiger partial charge in [-0.3, -0.25) is 0 Å². The zero-order chi connectivity index (χ0) is 12.5.